The van der Waals surface area contributed by atoms with Crippen molar-refractivity contribution in [3.8, 4) is 0 Å². The maximum Gasteiger partial charge on any atom is 0.149 e. The van der Waals surface area contributed by atoms with Gasteiger partial charge in [-0.3, -0.25) is 0 Å². The lowest BCUT2D eigenvalue weighted by molar-refractivity contribution is 0.632. The summed E-state index contributed by atoms with van der Waals surface area (Å²) < 4.78 is 14.0. The van der Waals surface area contributed by atoms with E-state index in [2.05, 4.69) is 25.9 Å². The van der Waals surface area contributed by atoms with Crippen molar-refractivity contribution in [3.05, 3.63) is 33.4 Å². The zero-order valence-corrected chi connectivity index (χ0v) is 9.52. The highest BCUT2D eigenvalue weighted by molar-refractivity contribution is 9.10. The molecule has 72 valence electrons. The van der Waals surface area contributed by atoms with Crippen LogP contribution in [0.3, 0.4) is 0 Å². The van der Waals surface area contributed by atoms with E-state index in [9.17, 15) is 4.39 Å². The highest BCUT2D eigenvalue weighted by Gasteiger charge is 2.12. The Hall–Kier alpha value is -0.740. The van der Waals surface area contributed by atoms with Gasteiger partial charge < -0.3 is 0 Å². The average Bonchev–Trinajstić information content (AvgIpc) is 2.14. The molecule has 14 heavy (non-hydrogen) atoms. The fraction of sp³-hybridized carbons (Fsp3) is 0.111. The molecule has 1 aromatic carbocycles. The number of fused-ring (bicyclic) bond motifs is 1. The fourth-order valence-corrected chi connectivity index (χ4v) is 2.06. The van der Waals surface area contributed by atoms with Gasteiger partial charge in [0.15, 0.2) is 0 Å². The second-order valence-corrected chi connectivity index (χ2v) is 4.09. The quantitative estimate of drug-likeness (QED) is 0.688. The first-order valence-electron chi connectivity index (χ1n) is 3.86. The Morgan fingerprint density at radius 3 is 2.86 bits per heavy atom. The second-order valence-electron chi connectivity index (χ2n) is 2.88. The number of benzene rings is 1. The van der Waals surface area contributed by atoms with Crippen LogP contribution in [0.25, 0.3) is 10.9 Å². The van der Waals surface area contributed by atoms with Crippen LogP contribution in [0.15, 0.2) is 16.9 Å². The third kappa shape index (κ3) is 1.38. The van der Waals surface area contributed by atoms with Gasteiger partial charge in [0.05, 0.1) is 15.4 Å². The number of hydrogen-bond acceptors (Lipinski definition) is 2. The molecule has 1 aromatic heterocycles. The van der Waals surface area contributed by atoms with E-state index >= 15 is 0 Å². The standard InChI is InChI=1S/C9H5BrClFN2/c1-4-2-5(10)7(12)6-8(4)13-3-14-9(6)11/h2-3H,1H3. The van der Waals surface area contributed by atoms with Crippen molar-refractivity contribution in [2.24, 2.45) is 0 Å². The molecule has 0 atom stereocenters. The fourth-order valence-electron chi connectivity index (χ4n) is 1.30. The van der Waals surface area contributed by atoms with Crippen LogP contribution in [0.4, 0.5) is 4.39 Å². The van der Waals surface area contributed by atoms with Gasteiger partial charge in [-0.2, -0.15) is 0 Å². The van der Waals surface area contributed by atoms with Crippen LogP contribution < -0.4 is 0 Å². The first kappa shape index (κ1) is 9.80. The summed E-state index contributed by atoms with van der Waals surface area (Å²) in [5.74, 6) is -0.420. The van der Waals surface area contributed by atoms with E-state index < -0.39 is 5.82 Å². The van der Waals surface area contributed by atoms with Crippen LogP contribution in [0.2, 0.25) is 5.15 Å². The highest BCUT2D eigenvalue weighted by atomic mass is 79.9. The molecule has 0 radical (unpaired) electrons. The lowest BCUT2D eigenvalue weighted by Gasteiger charge is -2.05. The van der Waals surface area contributed by atoms with Gasteiger partial charge in [0.25, 0.3) is 0 Å². The van der Waals surface area contributed by atoms with Crippen LogP contribution in [-0.4, -0.2) is 9.97 Å². The summed E-state index contributed by atoms with van der Waals surface area (Å²) in [5, 5.41) is 0.401. The molecule has 0 fully saturated rings. The van der Waals surface area contributed by atoms with Gasteiger partial charge in [-0.25, -0.2) is 14.4 Å². The maximum atomic E-state index is 13.6. The van der Waals surface area contributed by atoms with Crippen LogP contribution in [0.5, 0.6) is 0 Å². The largest absolute Gasteiger partial charge is 0.236 e. The zero-order chi connectivity index (χ0) is 10.3. The minimum atomic E-state index is -0.420. The monoisotopic (exact) mass is 274 g/mol. The van der Waals surface area contributed by atoms with Crippen LogP contribution in [0.1, 0.15) is 5.56 Å². The first-order valence-corrected chi connectivity index (χ1v) is 5.03. The highest BCUT2D eigenvalue weighted by Crippen LogP contribution is 2.30. The minimum absolute atomic E-state index is 0.136. The maximum absolute atomic E-state index is 13.6. The normalized spacial score (nSPS) is 10.9. The van der Waals surface area contributed by atoms with Crippen molar-refractivity contribution in [2.75, 3.05) is 0 Å². The van der Waals surface area contributed by atoms with Gasteiger partial charge in [0, 0.05) is 0 Å². The molecule has 0 N–H and O–H groups in total. The Bertz CT molecular complexity index is 516. The van der Waals surface area contributed by atoms with E-state index in [4.69, 9.17) is 11.6 Å². The number of aryl methyl sites for hydroxylation is 1. The van der Waals surface area contributed by atoms with Crippen LogP contribution >= 0.6 is 27.5 Å². The Morgan fingerprint density at radius 2 is 2.14 bits per heavy atom. The Morgan fingerprint density at radius 1 is 1.43 bits per heavy atom. The lowest BCUT2D eigenvalue weighted by Crippen LogP contribution is -1.91. The molecule has 2 nitrogen and oxygen atoms in total. The molecule has 2 aromatic rings. The third-order valence-electron chi connectivity index (χ3n) is 1.95. The summed E-state index contributed by atoms with van der Waals surface area (Å²) in [4.78, 5) is 7.73. The van der Waals surface area contributed by atoms with Gasteiger partial charge in [-0.15, -0.1) is 0 Å². The molecule has 0 unspecified atom stereocenters. The zero-order valence-electron chi connectivity index (χ0n) is 7.18. The van der Waals surface area contributed by atoms with Gasteiger partial charge in [-0.05, 0) is 34.5 Å². The molecular weight excluding hydrogens is 270 g/mol. The molecule has 1 heterocycles. The number of nitrogens with zero attached hydrogens (tertiary/aromatic N) is 2. The molecule has 0 aliphatic carbocycles. The Balaban J connectivity index is 3.03. The minimum Gasteiger partial charge on any atom is -0.236 e. The summed E-state index contributed by atoms with van der Waals surface area (Å²) in [6.07, 6.45) is 1.32. The molecule has 0 amide bonds. The first-order chi connectivity index (χ1) is 6.61. The van der Waals surface area contributed by atoms with Gasteiger partial charge >= 0.3 is 0 Å². The predicted octanol–water partition coefficient (Wildman–Crippen LogP) is 3.49. The summed E-state index contributed by atoms with van der Waals surface area (Å²) in [6.45, 7) is 1.84. The molecule has 0 aliphatic rings. The van der Waals surface area contributed by atoms with E-state index in [0.29, 0.717) is 9.99 Å². The van der Waals surface area contributed by atoms with Crippen molar-refractivity contribution in [3.63, 3.8) is 0 Å². The summed E-state index contributed by atoms with van der Waals surface area (Å²) in [7, 11) is 0. The van der Waals surface area contributed by atoms with Crippen LogP contribution in [-0.2, 0) is 0 Å². The van der Waals surface area contributed by atoms with E-state index in [0.717, 1.165) is 5.56 Å². The summed E-state index contributed by atoms with van der Waals surface area (Å²) in [6, 6.07) is 1.67. The van der Waals surface area contributed by atoms with Gasteiger partial charge in [-0.1, -0.05) is 11.6 Å². The predicted molar refractivity (Wildman–Crippen MR) is 56.9 cm³/mol. The smallest absolute Gasteiger partial charge is 0.149 e. The number of aromatic nitrogens is 2. The van der Waals surface area contributed by atoms with Crippen molar-refractivity contribution in [1.29, 1.82) is 0 Å². The lowest BCUT2D eigenvalue weighted by atomic mass is 10.1. The molecular formula is C9H5BrClFN2. The molecule has 0 spiro atoms. The third-order valence-corrected chi connectivity index (χ3v) is 2.81. The summed E-state index contributed by atoms with van der Waals surface area (Å²) >= 11 is 8.91. The molecule has 2 rings (SSSR count). The number of halogens is 3. The number of hydrogen-bond donors (Lipinski definition) is 0. The molecule has 0 saturated heterocycles. The van der Waals surface area contributed by atoms with Crippen molar-refractivity contribution in [2.45, 2.75) is 6.92 Å². The number of rotatable bonds is 0. The second kappa shape index (κ2) is 3.44. The van der Waals surface area contributed by atoms with E-state index in [-0.39, 0.29) is 10.5 Å². The topological polar surface area (TPSA) is 25.8 Å². The SMILES string of the molecule is Cc1cc(Br)c(F)c2c(Cl)ncnc12. The van der Waals surface area contributed by atoms with E-state index in [1.165, 1.54) is 6.33 Å². The van der Waals surface area contributed by atoms with Gasteiger partial charge in [0.2, 0.25) is 0 Å². The molecule has 0 bridgehead atoms. The Labute approximate surface area is 93.3 Å². The van der Waals surface area contributed by atoms with Crippen molar-refractivity contribution in [1.82, 2.24) is 9.97 Å². The van der Waals surface area contributed by atoms with Crippen LogP contribution in [0, 0.1) is 12.7 Å². The summed E-state index contributed by atoms with van der Waals surface area (Å²) in [5.41, 5.74) is 1.41. The average molecular weight is 276 g/mol. The Kier molecular flexibility index (Phi) is 2.41. The van der Waals surface area contributed by atoms with E-state index in [1.807, 2.05) is 6.92 Å². The van der Waals surface area contributed by atoms with Crippen molar-refractivity contribution < 1.29 is 4.39 Å². The molecule has 5 heteroatoms. The van der Waals surface area contributed by atoms with Gasteiger partial charge in [0.1, 0.15) is 17.3 Å². The van der Waals surface area contributed by atoms with Crippen molar-refractivity contribution >= 4 is 38.4 Å². The molecule has 0 aliphatic heterocycles. The van der Waals surface area contributed by atoms with E-state index in [1.54, 1.807) is 6.07 Å². The molecule has 0 saturated carbocycles.